The normalized spacial score (nSPS) is 17.4. The molecule has 7 heteroatoms. The third-order valence-electron chi connectivity index (χ3n) is 6.91. The smallest absolute Gasteiger partial charge is 0.242 e. The topological polar surface area (TPSA) is 59.1 Å². The first-order chi connectivity index (χ1) is 17.6. The second kappa shape index (κ2) is 10.7. The van der Waals surface area contributed by atoms with Crippen LogP contribution in [-0.2, 0) is 16.1 Å². The second-order valence-electron chi connectivity index (χ2n) is 9.15. The third kappa shape index (κ3) is 5.07. The first-order valence-corrected chi connectivity index (χ1v) is 13.4. The molecule has 0 saturated carbocycles. The van der Waals surface area contributed by atoms with Crippen molar-refractivity contribution in [3.63, 3.8) is 0 Å². The monoisotopic (exact) mass is 502 g/mol. The summed E-state index contributed by atoms with van der Waals surface area (Å²) in [6, 6.07) is 22.5. The number of fused-ring (bicyclic) bond motifs is 1. The summed E-state index contributed by atoms with van der Waals surface area (Å²) < 4.78 is 11.7. The first kappa shape index (κ1) is 24.3. The molecule has 5 rings (SSSR count). The van der Waals surface area contributed by atoms with E-state index in [0.717, 1.165) is 22.3 Å². The number of hydrogen-bond donors (Lipinski definition) is 0. The molecule has 36 heavy (non-hydrogen) atoms. The largest absolute Gasteiger partial charge is 0.493 e. The van der Waals surface area contributed by atoms with E-state index >= 15 is 0 Å². The molecule has 6 nitrogen and oxygen atoms in total. The summed E-state index contributed by atoms with van der Waals surface area (Å²) in [5.74, 6) is 1.43. The van der Waals surface area contributed by atoms with Crippen LogP contribution in [0.3, 0.4) is 0 Å². The Bertz CT molecular complexity index is 1250. The molecule has 1 fully saturated rings. The summed E-state index contributed by atoms with van der Waals surface area (Å²) in [5, 5.41) is 0. The van der Waals surface area contributed by atoms with Crippen molar-refractivity contribution in [2.45, 2.75) is 23.8 Å². The van der Waals surface area contributed by atoms with Gasteiger partial charge in [-0.3, -0.25) is 9.59 Å². The summed E-state index contributed by atoms with van der Waals surface area (Å²) in [5.41, 5.74) is 4.13. The van der Waals surface area contributed by atoms with Crippen molar-refractivity contribution in [1.82, 2.24) is 9.80 Å². The molecule has 0 aromatic heterocycles. The molecular formula is C29H30N2O4S. The Morgan fingerprint density at radius 2 is 1.86 bits per heavy atom. The van der Waals surface area contributed by atoms with Crippen molar-refractivity contribution < 1.29 is 19.1 Å². The molecule has 2 heterocycles. The van der Waals surface area contributed by atoms with Gasteiger partial charge in [0.1, 0.15) is 6.61 Å². The minimum atomic E-state index is -0.0674. The average Bonchev–Trinajstić information content (AvgIpc) is 3.14. The maximum atomic E-state index is 13.3. The van der Waals surface area contributed by atoms with Gasteiger partial charge in [0, 0.05) is 35.9 Å². The van der Waals surface area contributed by atoms with E-state index in [1.54, 1.807) is 28.7 Å². The number of amides is 2. The standard InChI is InChI=1S/C29H30N2O4S/c1-34-26-15-22(21-8-10-25(36-2)11-9-21)14-24-18-30(12-13-35-29(24)26)28(33)19-31-17-23(16-27(31)32)20-6-4-3-5-7-20/h3-11,14-15,23H,12-13,16-19H2,1-2H3. The lowest BCUT2D eigenvalue weighted by Gasteiger charge is -2.24. The molecule has 2 amide bonds. The van der Waals surface area contributed by atoms with Crippen LogP contribution in [-0.4, -0.2) is 61.2 Å². The van der Waals surface area contributed by atoms with E-state index in [9.17, 15) is 9.59 Å². The number of ether oxygens (including phenoxy) is 2. The number of benzene rings is 3. The van der Waals surface area contributed by atoms with Gasteiger partial charge in [0.15, 0.2) is 11.5 Å². The zero-order chi connectivity index (χ0) is 25.1. The quantitative estimate of drug-likeness (QED) is 0.453. The highest BCUT2D eigenvalue weighted by Crippen LogP contribution is 2.39. The van der Waals surface area contributed by atoms with Crippen molar-refractivity contribution in [1.29, 1.82) is 0 Å². The van der Waals surface area contributed by atoms with Gasteiger partial charge < -0.3 is 19.3 Å². The molecule has 0 radical (unpaired) electrons. The number of carbonyl (C=O) groups is 2. The van der Waals surface area contributed by atoms with Gasteiger partial charge in [0.25, 0.3) is 0 Å². The molecule has 1 atom stereocenters. The highest BCUT2D eigenvalue weighted by atomic mass is 32.2. The lowest BCUT2D eigenvalue weighted by atomic mass is 9.99. The summed E-state index contributed by atoms with van der Waals surface area (Å²) in [4.78, 5) is 30.7. The van der Waals surface area contributed by atoms with E-state index in [0.29, 0.717) is 44.2 Å². The molecule has 3 aromatic rings. The first-order valence-electron chi connectivity index (χ1n) is 12.1. The fourth-order valence-corrected chi connectivity index (χ4v) is 5.34. The number of hydrogen-bond acceptors (Lipinski definition) is 5. The Morgan fingerprint density at radius 1 is 1.08 bits per heavy atom. The fourth-order valence-electron chi connectivity index (χ4n) is 4.94. The van der Waals surface area contributed by atoms with Crippen LogP contribution in [0.2, 0.25) is 0 Å². The molecule has 1 unspecified atom stereocenters. The van der Waals surface area contributed by atoms with Gasteiger partial charge in [-0.05, 0) is 47.2 Å². The predicted molar refractivity (Wildman–Crippen MR) is 142 cm³/mol. The van der Waals surface area contributed by atoms with Crippen LogP contribution in [0.1, 0.15) is 23.5 Å². The summed E-state index contributed by atoms with van der Waals surface area (Å²) >= 11 is 1.70. The minimum Gasteiger partial charge on any atom is -0.493 e. The van der Waals surface area contributed by atoms with Crippen molar-refractivity contribution in [2.75, 3.05) is 39.6 Å². The lowest BCUT2D eigenvalue weighted by molar-refractivity contribution is -0.138. The third-order valence-corrected chi connectivity index (χ3v) is 7.65. The van der Waals surface area contributed by atoms with Gasteiger partial charge in [-0.25, -0.2) is 0 Å². The molecule has 3 aromatic carbocycles. The Hall–Kier alpha value is -3.45. The van der Waals surface area contributed by atoms with Crippen molar-refractivity contribution in [2.24, 2.45) is 0 Å². The molecule has 0 N–H and O–H groups in total. The predicted octanol–water partition coefficient (Wildman–Crippen LogP) is 4.82. The van der Waals surface area contributed by atoms with E-state index in [1.165, 1.54) is 4.90 Å². The number of rotatable bonds is 6. The van der Waals surface area contributed by atoms with Gasteiger partial charge in [-0.15, -0.1) is 11.8 Å². The highest BCUT2D eigenvalue weighted by molar-refractivity contribution is 7.98. The molecule has 186 valence electrons. The van der Waals surface area contributed by atoms with Crippen LogP contribution in [0.4, 0.5) is 0 Å². The van der Waals surface area contributed by atoms with Crippen LogP contribution in [0.5, 0.6) is 11.5 Å². The zero-order valence-corrected chi connectivity index (χ0v) is 21.4. The molecule has 2 aliphatic rings. The van der Waals surface area contributed by atoms with Crippen molar-refractivity contribution >= 4 is 23.6 Å². The Balaban J connectivity index is 1.33. The number of carbonyl (C=O) groups excluding carboxylic acids is 2. The molecule has 1 saturated heterocycles. The second-order valence-corrected chi connectivity index (χ2v) is 10.0. The highest BCUT2D eigenvalue weighted by Gasteiger charge is 2.33. The molecule has 0 spiro atoms. The SMILES string of the molecule is COc1cc(-c2ccc(SC)cc2)cc2c1OCCN(C(=O)CN1CC(c3ccccc3)CC1=O)C2. The van der Waals surface area contributed by atoms with Crippen molar-refractivity contribution in [3.8, 4) is 22.6 Å². The molecule has 2 aliphatic heterocycles. The van der Waals surface area contributed by atoms with Crippen LogP contribution < -0.4 is 9.47 Å². The molecule has 0 aliphatic carbocycles. The Labute approximate surface area is 216 Å². The van der Waals surface area contributed by atoms with E-state index in [4.69, 9.17) is 9.47 Å². The van der Waals surface area contributed by atoms with Gasteiger partial charge >= 0.3 is 0 Å². The number of methoxy groups -OCH3 is 1. The van der Waals surface area contributed by atoms with Crippen molar-refractivity contribution in [3.05, 3.63) is 77.9 Å². The summed E-state index contributed by atoms with van der Waals surface area (Å²) in [7, 11) is 1.63. The number of nitrogens with zero attached hydrogens (tertiary/aromatic N) is 2. The Kier molecular flexibility index (Phi) is 7.18. The van der Waals surface area contributed by atoms with Gasteiger partial charge in [0.05, 0.1) is 20.2 Å². The molecular weight excluding hydrogens is 472 g/mol. The fraction of sp³-hybridized carbons (Fsp3) is 0.310. The average molecular weight is 503 g/mol. The van der Waals surface area contributed by atoms with E-state index in [1.807, 2.05) is 36.4 Å². The van der Waals surface area contributed by atoms with Crippen LogP contribution in [0, 0.1) is 0 Å². The van der Waals surface area contributed by atoms with Crippen LogP contribution in [0.15, 0.2) is 71.6 Å². The maximum Gasteiger partial charge on any atom is 0.242 e. The van der Waals surface area contributed by atoms with Gasteiger partial charge in [-0.2, -0.15) is 0 Å². The molecule has 0 bridgehead atoms. The van der Waals surface area contributed by atoms with Gasteiger partial charge in [0.2, 0.25) is 11.8 Å². The van der Waals surface area contributed by atoms with E-state index < -0.39 is 0 Å². The Morgan fingerprint density at radius 3 is 2.58 bits per heavy atom. The van der Waals surface area contributed by atoms with Gasteiger partial charge in [-0.1, -0.05) is 42.5 Å². The van der Waals surface area contributed by atoms with E-state index in [-0.39, 0.29) is 24.3 Å². The zero-order valence-electron chi connectivity index (χ0n) is 20.6. The lowest BCUT2D eigenvalue weighted by Crippen LogP contribution is -2.41. The minimum absolute atomic E-state index is 0.0290. The number of likely N-dealkylation sites (tertiary alicyclic amines) is 1. The van der Waals surface area contributed by atoms with Crippen LogP contribution >= 0.6 is 11.8 Å². The number of thioether (sulfide) groups is 1. The maximum absolute atomic E-state index is 13.3. The summed E-state index contributed by atoms with van der Waals surface area (Å²) in [6.45, 7) is 1.89. The summed E-state index contributed by atoms with van der Waals surface area (Å²) in [6.07, 6.45) is 2.50. The van der Waals surface area contributed by atoms with Crippen LogP contribution in [0.25, 0.3) is 11.1 Å². The van der Waals surface area contributed by atoms with E-state index in [2.05, 4.69) is 36.6 Å².